The van der Waals surface area contributed by atoms with Gasteiger partial charge in [-0.15, -0.1) is 0 Å². The zero-order valence-corrected chi connectivity index (χ0v) is 29.0. The van der Waals surface area contributed by atoms with Gasteiger partial charge >= 0.3 is 5.97 Å². The molecular formula is C38H73NO3. The average Bonchev–Trinajstić information content (AvgIpc) is 2.97. The summed E-state index contributed by atoms with van der Waals surface area (Å²) < 4.78 is 5.45. The van der Waals surface area contributed by atoms with E-state index in [-0.39, 0.29) is 0 Å². The third-order valence-electron chi connectivity index (χ3n) is 8.65. The first-order valence-electron chi connectivity index (χ1n) is 18.6. The van der Waals surface area contributed by atoms with E-state index in [0.717, 1.165) is 37.5 Å². The standard InChI is InChI=1S/C38H73NO3/c1-5-7-9-11-13-15-17-19-21-23-25-27-29-31-36(37(35-40)38(41)42-34-33-39(3)4)32-30-28-26-24-22-20-18-16-14-12-10-8-6-2/h35H,5-34H2,1-4H3. The molecule has 0 saturated carbocycles. The smallest absolute Gasteiger partial charge is 0.341 e. The van der Waals surface area contributed by atoms with Gasteiger partial charge in [0.2, 0.25) is 0 Å². The first kappa shape index (κ1) is 40.8. The van der Waals surface area contributed by atoms with E-state index in [1.807, 2.05) is 19.0 Å². The quantitative estimate of drug-likeness (QED) is 0.0190. The second kappa shape index (κ2) is 32.7. The predicted octanol–water partition coefficient (Wildman–Crippen LogP) is 11.5. The number of esters is 1. The summed E-state index contributed by atoms with van der Waals surface area (Å²) in [6.45, 7) is 5.56. The van der Waals surface area contributed by atoms with Gasteiger partial charge in [-0.05, 0) is 39.8 Å². The van der Waals surface area contributed by atoms with Crippen molar-refractivity contribution in [3.8, 4) is 0 Å². The van der Waals surface area contributed by atoms with Gasteiger partial charge < -0.3 is 9.64 Å². The topological polar surface area (TPSA) is 46.6 Å². The SMILES string of the molecule is CCCCCCCCCCCCCCCC(CCCCCCCCCCCCCCC)=C(C=O)C(=O)OCCN(C)C. The Morgan fingerprint density at radius 2 is 0.833 bits per heavy atom. The lowest BCUT2D eigenvalue weighted by Gasteiger charge is -2.13. The lowest BCUT2D eigenvalue weighted by atomic mass is 9.95. The predicted molar refractivity (Wildman–Crippen MR) is 183 cm³/mol. The third kappa shape index (κ3) is 27.7. The average molecular weight is 592 g/mol. The third-order valence-corrected chi connectivity index (χ3v) is 8.65. The Hall–Kier alpha value is -1.16. The van der Waals surface area contributed by atoms with Crippen molar-refractivity contribution < 1.29 is 14.3 Å². The molecule has 248 valence electrons. The molecular weight excluding hydrogens is 518 g/mol. The zero-order chi connectivity index (χ0) is 30.9. The Balaban J connectivity index is 4.32. The Morgan fingerprint density at radius 1 is 0.524 bits per heavy atom. The molecule has 0 aromatic heterocycles. The number of aldehydes is 1. The highest BCUT2D eigenvalue weighted by atomic mass is 16.5. The molecule has 0 heterocycles. The van der Waals surface area contributed by atoms with E-state index in [2.05, 4.69) is 13.8 Å². The van der Waals surface area contributed by atoms with Gasteiger partial charge in [-0.3, -0.25) is 4.79 Å². The monoisotopic (exact) mass is 592 g/mol. The molecule has 0 unspecified atom stereocenters. The van der Waals surface area contributed by atoms with Crippen molar-refractivity contribution in [1.82, 2.24) is 4.90 Å². The summed E-state index contributed by atoms with van der Waals surface area (Å²) in [6, 6.07) is 0. The lowest BCUT2D eigenvalue weighted by Crippen LogP contribution is -2.21. The Morgan fingerprint density at radius 3 is 1.12 bits per heavy atom. The van der Waals surface area contributed by atoms with Crippen molar-refractivity contribution in [3.63, 3.8) is 0 Å². The van der Waals surface area contributed by atoms with Gasteiger partial charge in [0.1, 0.15) is 6.61 Å². The molecule has 4 nitrogen and oxygen atoms in total. The number of hydrogen-bond acceptors (Lipinski definition) is 4. The molecule has 0 aromatic rings. The molecule has 0 spiro atoms. The summed E-state index contributed by atoms with van der Waals surface area (Å²) in [5.74, 6) is -0.425. The van der Waals surface area contributed by atoms with Crippen LogP contribution in [0.1, 0.15) is 194 Å². The minimum Gasteiger partial charge on any atom is -0.461 e. The highest BCUT2D eigenvalue weighted by Crippen LogP contribution is 2.22. The fraction of sp³-hybridized carbons (Fsp3) is 0.895. The first-order valence-corrected chi connectivity index (χ1v) is 18.6. The van der Waals surface area contributed by atoms with Crippen molar-refractivity contribution in [2.75, 3.05) is 27.2 Å². The maximum absolute atomic E-state index is 12.7. The van der Waals surface area contributed by atoms with Crippen LogP contribution in [0.3, 0.4) is 0 Å². The number of likely N-dealkylation sites (N-methyl/N-ethyl adjacent to an activating group) is 1. The van der Waals surface area contributed by atoms with Gasteiger partial charge in [-0.25, -0.2) is 4.79 Å². The van der Waals surface area contributed by atoms with Crippen LogP contribution in [0.2, 0.25) is 0 Å². The minimum atomic E-state index is -0.425. The van der Waals surface area contributed by atoms with Crippen LogP contribution < -0.4 is 0 Å². The number of ether oxygens (including phenoxy) is 1. The van der Waals surface area contributed by atoms with Crippen molar-refractivity contribution in [2.45, 2.75) is 194 Å². The summed E-state index contributed by atoms with van der Waals surface area (Å²) in [7, 11) is 3.91. The van der Waals surface area contributed by atoms with E-state index in [4.69, 9.17) is 4.74 Å². The molecule has 42 heavy (non-hydrogen) atoms. The van der Waals surface area contributed by atoms with E-state index in [1.165, 1.54) is 154 Å². The first-order chi connectivity index (χ1) is 20.6. The molecule has 0 amide bonds. The molecule has 4 heteroatoms. The maximum Gasteiger partial charge on any atom is 0.341 e. The molecule has 0 aromatic carbocycles. The molecule has 0 aliphatic heterocycles. The molecule has 0 aliphatic carbocycles. The van der Waals surface area contributed by atoms with Crippen LogP contribution in [0.4, 0.5) is 0 Å². The van der Waals surface area contributed by atoms with Gasteiger partial charge in [0.25, 0.3) is 0 Å². The van der Waals surface area contributed by atoms with Crippen LogP contribution >= 0.6 is 0 Å². The normalized spacial score (nSPS) is 11.3. The van der Waals surface area contributed by atoms with Crippen molar-refractivity contribution in [1.29, 1.82) is 0 Å². The molecule has 0 atom stereocenters. The number of carbonyl (C=O) groups excluding carboxylic acids is 2. The second-order valence-corrected chi connectivity index (χ2v) is 13.1. The van der Waals surface area contributed by atoms with Gasteiger partial charge in [0.15, 0.2) is 6.29 Å². The maximum atomic E-state index is 12.7. The molecule has 0 N–H and O–H groups in total. The second-order valence-electron chi connectivity index (χ2n) is 13.1. The Kier molecular flexibility index (Phi) is 31.8. The van der Waals surface area contributed by atoms with Gasteiger partial charge in [-0.1, -0.05) is 174 Å². The Bertz CT molecular complexity index is 596. The number of unbranched alkanes of at least 4 members (excludes halogenated alkanes) is 24. The zero-order valence-electron chi connectivity index (χ0n) is 29.0. The molecule has 0 bridgehead atoms. The Labute approximate surface area is 263 Å². The largest absolute Gasteiger partial charge is 0.461 e. The van der Waals surface area contributed by atoms with E-state index >= 15 is 0 Å². The van der Waals surface area contributed by atoms with E-state index in [9.17, 15) is 9.59 Å². The summed E-state index contributed by atoms with van der Waals surface area (Å²) in [6.07, 6.45) is 37.0. The van der Waals surface area contributed by atoms with Crippen molar-refractivity contribution in [2.24, 2.45) is 0 Å². The van der Waals surface area contributed by atoms with Crippen LogP contribution in [-0.4, -0.2) is 44.4 Å². The number of rotatable bonds is 33. The lowest BCUT2D eigenvalue weighted by molar-refractivity contribution is -0.140. The molecule has 0 aliphatic rings. The molecule has 0 fully saturated rings. The van der Waals surface area contributed by atoms with Crippen LogP contribution in [-0.2, 0) is 14.3 Å². The summed E-state index contributed by atoms with van der Waals surface area (Å²) in [4.78, 5) is 26.7. The van der Waals surface area contributed by atoms with Gasteiger partial charge in [0, 0.05) is 6.54 Å². The summed E-state index contributed by atoms with van der Waals surface area (Å²) in [5, 5.41) is 0. The van der Waals surface area contributed by atoms with Gasteiger partial charge in [-0.2, -0.15) is 0 Å². The highest BCUT2D eigenvalue weighted by Gasteiger charge is 2.16. The van der Waals surface area contributed by atoms with Crippen LogP contribution in [0.25, 0.3) is 0 Å². The number of allylic oxidation sites excluding steroid dienone is 1. The fourth-order valence-corrected chi connectivity index (χ4v) is 5.78. The van der Waals surface area contributed by atoms with Crippen LogP contribution in [0.5, 0.6) is 0 Å². The summed E-state index contributed by atoms with van der Waals surface area (Å²) >= 11 is 0. The van der Waals surface area contributed by atoms with E-state index < -0.39 is 5.97 Å². The fourth-order valence-electron chi connectivity index (χ4n) is 5.78. The highest BCUT2D eigenvalue weighted by molar-refractivity contribution is 6.08. The van der Waals surface area contributed by atoms with Crippen molar-refractivity contribution in [3.05, 3.63) is 11.1 Å². The van der Waals surface area contributed by atoms with E-state index in [0.29, 0.717) is 18.7 Å². The van der Waals surface area contributed by atoms with E-state index in [1.54, 1.807) is 0 Å². The molecule has 0 rings (SSSR count). The van der Waals surface area contributed by atoms with Crippen LogP contribution in [0.15, 0.2) is 11.1 Å². The number of carbonyl (C=O) groups is 2. The molecule has 0 radical (unpaired) electrons. The molecule has 0 saturated heterocycles. The van der Waals surface area contributed by atoms with Crippen molar-refractivity contribution >= 4 is 12.3 Å². The summed E-state index contributed by atoms with van der Waals surface area (Å²) in [5.41, 5.74) is 1.33. The number of hydrogen-bond donors (Lipinski definition) is 0. The minimum absolute atomic E-state index is 0.298. The van der Waals surface area contributed by atoms with Gasteiger partial charge in [0.05, 0.1) is 5.57 Å². The van der Waals surface area contributed by atoms with Crippen LogP contribution in [0, 0.1) is 0 Å². The number of nitrogens with zero attached hydrogens (tertiary/aromatic N) is 1.